The van der Waals surface area contributed by atoms with E-state index in [0.717, 1.165) is 18.7 Å². The van der Waals surface area contributed by atoms with E-state index >= 15 is 0 Å². The van der Waals surface area contributed by atoms with Crippen LogP contribution in [0.1, 0.15) is 32.3 Å². The molecule has 0 spiro atoms. The minimum atomic E-state index is -0.460. The Kier molecular flexibility index (Phi) is 5.76. The molecule has 0 bridgehead atoms. The summed E-state index contributed by atoms with van der Waals surface area (Å²) in [6, 6.07) is 7.63. The number of carbonyl (C=O) groups excluding carboxylic acids is 1. The number of benzene rings is 1. The van der Waals surface area contributed by atoms with Crippen LogP contribution in [0.15, 0.2) is 24.3 Å². The van der Waals surface area contributed by atoms with Crippen molar-refractivity contribution in [3.05, 3.63) is 29.8 Å². The predicted molar refractivity (Wildman–Crippen MR) is 87.3 cm³/mol. The lowest BCUT2D eigenvalue weighted by Crippen LogP contribution is -2.39. The van der Waals surface area contributed by atoms with Crippen molar-refractivity contribution in [1.82, 2.24) is 4.90 Å². The predicted octanol–water partition coefficient (Wildman–Crippen LogP) is 2.25. The fourth-order valence-corrected chi connectivity index (χ4v) is 2.63. The number of hydrogen-bond donors (Lipinski definition) is 2. The van der Waals surface area contributed by atoms with Crippen LogP contribution in [0.25, 0.3) is 0 Å². The number of amides is 1. The molecule has 4 heteroatoms. The van der Waals surface area contributed by atoms with Gasteiger partial charge < -0.3 is 16.0 Å². The van der Waals surface area contributed by atoms with Gasteiger partial charge in [0.15, 0.2) is 0 Å². The van der Waals surface area contributed by atoms with Crippen LogP contribution in [0.3, 0.4) is 0 Å². The van der Waals surface area contributed by atoms with Crippen molar-refractivity contribution < 1.29 is 4.79 Å². The van der Waals surface area contributed by atoms with Gasteiger partial charge in [-0.15, -0.1) is 0 Å². The van der Waals surface area contributed by atoms with Crippen LogP contribution in [0.2, 0.25) is 0 Å². The Bertz CT molecular complexity index is 467. The van der Waals surface area contributed by atoms with E-state index in [-0.39, 0.29) is 11.8 Å². The van der Waals surface area contributed by atoms with E-state index in [2.05, 4.69) is 22.3 Å². The molecule has 0 unspecified atom stereocenters. The van der Waals surface area contributed by atoms with Crippen LogP contribution in [-0.4, -0.2) is 36.5 Å². The number of nitrogens with zero attached hydrogens (tertiary/aromatic N) is 1. The van der Waals surface area contributed by atoms with Crippen molar-refractivity contribution in [2.75, 3.05) is 25.0 Å². The molecular formula is C17H27N3O. The fraction of sp³-hybridized carbons (Fsp3) is 0.588. The average molecular weight is 289 g/mol. The molecule has 2 rings (SSSR count). The zero-order valence-electron chi connectivity index (χ0n) is 13.1. The summed E-state index contributed by atoms with van der Waals surface area (Å²) in [7, 11) is 0. The third-order valence-corrected chi connectivity index (χ3v) is 4.13. The molecule has 21 heavy (non-hydrogen) atoms. The lowest BCUT2D eigenvalue weighted by atomic mass is 10.0. The Morgan fingerprint density at radius 1 is 1.33 bits per heavy atom. The fourth-order valence-electron chi connectivity index (χ4n) is 2.63. The van der Waals surface area contributed by atoms with Crippen molar-refractivity contribution in [2.24, 2.45) is 11.7 Å². The molecule has 1 aromatic rings. The van der Waals surface area contributed by atoms with Crippen molar-refractivity contribution in [1.29, 1.82) is 0 Å². The molecule has 3 N–H and O–H groups in total. The van der Waals surface area contributed by atoms with E-state index < -0.39 is 6.04 Å². The van der Waals surface area contributed by atoms with Crippen molar-refractivity contribution in [3.8, 4) is 0 Å². The molecule has 116 valence electrons. The van der Waals surface area contributed by atoms with Gasteiger partial charge in [0.05, 0.1) is 6.04 Å². The van der Waals surface area contributed by atoms with E-state index in [1.807, 2.05) is 26.0 Å². The van der Waals surface area contributed by atoms with Gasteiger partial charge >= 0.3 is 0 Å². The summed E-state index contributed by atoms with van der Waals surface area (Å²) >= 11 is 0. The maximum atomic E-state index is 12.0. The number of likely N-dealkylation sites (tertiary alicyclic amines) is 1. The number of carbonyl (C=O) groups is 1. The van der Waals surface area contributed by atoms with Crippen molar-refractivity contribution in [2.45, 2.75) is 39.2 Å². The highest BCUT2D eigenvalue weighted by Crippen LogP contribution is 2.14. The van der Waals surface area contributed by atoms with Gasteiger partial charge in [-0.2, -0.15) is 0 Å². The minimum absolute atomic E-state index is 0.110. The van der Waals surface area contributed by atoms with Gasteiger partial charge in [-0.25, -0.2) is 0 Å². The molecule has 1 aliphatic rings. The van der Waals surface area contributed by atoms with Crippen molar-refractivity contribution in [3.63, 3.8) is 0 Å². The smallest absolute Gasteiger partial charge is 0.241 e. The van der Waals surface area contributed by atoms with Gasteiger partial charge in [0.25, 0.3) is 0 Å². The van der Waals surface area contributed by atoms with Crippen LogP contribution in [0, 0.1) is 5.92 Å². The Labute approximate surface area is 127 Å². The number of anilines is 1. The third-order valence-electron chi connectivity index (χ3n) is 4.13. The summed E-state index contributed by atoms with van der Waals surface area (Å²) < 4.78 is 0. The lowest BCUT2D eigenvalue weighted by molar-refractivity contribution is -0.118. The van der Waals surface area contributed by atoms with E-state index in [9.17, 15) is 4.79 Å². The molecule has 1 fully saturated rings. The maximum absolute atomic E-state index is 12.0. The number of hydrogen-bond acceptors (Lipinski definition) is 3. The first kappa shape index (κ1) is 16.0. The average Bonchev–Trinajstić information content (AvgIpc) is 2.98. The first-order valence-corrected chi connectivity index (χ1v) is 7.94. The van der Waals surface area contributed by atoms with E-state index in [1.165, 1.54) is 31.5 Å². The van der Waals surface area contributed by atoms with Crippen LogP contribution >= 0.6 is 0 Å². The highest BCUT2D eigenvalue weighted by Gasteiger charge is 2.17. The molecule has 0 aliphatic carbocycles. The molecular weight excluding hydrogens is 262 g/mol. The second-order valence-electron chi connectivity index (χ2n) is 6.26. The van der Waals surface area contributed by atoms with Gasteiger partial charge in [-0.05, 0) is 56.0 Å². The van der Waals surface area contributed by atoms with E-state index in [1.54, 1.807) is 0 Å². The summed E-state index contributed by atoms with van der Waals surface area (Å²) in [5, 5.41) is 2.91. The highest BCUT2D eigenvalue weighted by molar-refractivity contribution is 5.94. The Morgan fingerprint density at radius 3 is 2.71 bits per heavy atom. The number of nitrogens with one attached hydrogen (secondary N) is 1. The topological polar surface area (TPSA) is 58.4 Å². The zero-order valence-corrected chi connectivity index (χ0v) is 13.1. The summed E-state index contributed by atoms with van der Waals surface area (Å²) in [6.45, 7) is 7.45. The third kappa shape index (κ3) is 4.83. The van der Waals surface area contributed by atoms with Gasteiger partial charge in [-0.1, -0.05) is 26.0 Å². The molecule has 1 aromatic carbocycles. The number of nitrogens with two attached hydrogens (primary N) is 1. The first-order chi connectivity index (χ1) is 10.1. The summed E-state index contributed by atoms with van der Waals surface area (Å²) in [4.78, 5) is 14.5. The van der Waals surface area contributed by atoms with E-state index in [0.29, 0.717) is 0 Å². The highest BCUT2D eigenvalue weighted by atomic mass is 16.2. The molecule has 1 aliphatic heterocycles. The molecule has 1 atom stereocenters. The summed E-state index contributed by atoms with van der Waals surface area (Å²) in [5.74, 6) is 0.0324. The standard InChI is InChI=1S/C17H27N3O/c1-13(2)16(18)17(21)19-15-7-5-6-14(12-15)8-11-20-9-3-4-10-20/h5-7,12-13,16H,3-4,8-11,18H2,1-2H3,(H,19,21)/t16-/m0/s1. The van der Waals surface area contributed by atoms with Crippen LogP contribution in [0.5, 0.6) is 0 Å². The molecule has 1 amide bonds. The van der Waals surface area contributed by atoms with Gasteiger partial charge in [0.1, 0.15) is 0 Å². The molecule has 0 radical (unpaired) electrons. The van der Waals surface area contributed by atoms with Gasteiger partial charge in [0.2, 0.25) is 5.91 Å². The Balaban J connectivity index is 1.89. The van der Waals surface area contributed by atoms with Crippen LogP contribution in [-0.2, 0) is 11.2 Å². The van der Waals surface area contributed by atoms with Gasteiger partial charge in [0, 0.05) is 12.2 Å². The molecule has 0 aromatic heterocycles. The van der Waals surface area contributed by atoms with Gasteiger partial charge in [-0.3, -0.25) is 4.79 Å². The first-order valence-electron chi connectivity index (χ1n) is 7.94. The minimum Gasteiger partial charge on any atom is -0.325 e. The Hall–Kier alpha value is -1.39. The molecule has 4 nitrogen and oxygen atoms in total. The number of rotatable bonds is 6. The molecule has 1 saturated heterocycles. The monoisotopic (exact) mass is 289 g/mol. The quantitative estimate of drug-likeness (QED) is 0.844. The summed E-state index contributed by atoms with van der Waals surface area (Å²) in [6.07, 6.45) is 3.67. The second kappa shape index (κ2) is 7.57. The Morgan fingerprint density at radius 2 is 2.05 bits per heavy atom. The van der Waals surface area contributed by atoms with Crippen LogP contribution < -0.4 is 11.1 Å². The molecule has 1 heterocycles. The van der Waals surface area contributed by atoms with E-state index in [4.69, 9.17) is 5.73 Å². The SMILES string of the molecule is CC(C)[C@H](N)C(=O)Nc1cccc(CCN2CCCC2)c1. The maximum Gasteiger partial charge on any atom is 0.241 e. The lowest BCUT2D eigenvalue weighted by Gasteiger charge is -2.17. The van der Waals surface area contributed by atoms with Crippen molar-refractivity contribution >= 4 is 11.6 Å². The van der Waals surface area contributed by atoms with Crippen LogP contribution in [0.4, 0.5) is 5.69 Å². The summed E-state index contributed by atoms with van der Waals surface area (Å²) in [5.41, 5.74) is 7.97. The normalized spacial score (nSPS) is 17.1. The largest absolute Gasteiger partial charge is 0.325 e. The molecule has 0 saturated carbocycles. The second-order valence-corrected chi connectivity index (χ2v) is 6.26. The zero-order chi connectivity index (χ0) is 15.2.